The van der Waals surface area contributed by atoms with Crippen molar-refractivity contribution in [2.24, 2.45) is 11.7 Å². The van der Waals surface area contributed by atoms with Gasteiger partial charge in [0.05, 0.1) is 5.54 Å². The summed E-state index contributed by atoms with van der Waals surface area (Å²) in [6.45, 7) is 6.40. The van der Waals surface area contributed by atoms with Crippen molar-refractivity contribution in [1.82, 2.24) is 9.80 Å². The summed E-state index contributed by atoms with van der Waals surface area (Å²) in [5, 5.41) is 0. The maximum Gasteiger partial charge on any atom is 0.242 e. The van der Waals surface area contributed by atoms with E-state index < -0.39 is 5.54 Å². The van der Waals surface area contributed by atoms with Gasteiger partial charge in [-0.25, -0.2) is 0 Å². The summed E-state index contributed by atoms with van der Waals surface area (Å²) in [4.78, 5) is 28.7. The number of piperazine rings is 1. The third kappa shape index (κ3) is 4.93. The molecule has 1 heterocycles. The van der Waals surface area contributed by atoms with E-state index in [9.17, 15) is 9.59 Å². The Morgan fingerprint density at radius 3 is 2.17 bits per heavy atom. The zero-order valence-electron chi connectivity index (χ0n) is 14.9. The first kappa shape index (κ1) is 18.2. The van der Waals surface area contributed by atoms with Gasteiger partial charge in [0.15, 0.2) is 0 Å². The predicted molar refractivity (Wildman–Crippen MR) is 91.9 cm³/mol. The van der Waals surface area contributed by atoms with Crippen LogP contribution in [0.2, 0.25) is 0 Å². The van der Waals surface area contributed by atoms with Gasteiger partial charge < -0.3 is 15.5 Å². The van der Waals surface area contributed by atoms with E-state index in [0.29, 0.717) is 44.9 Å². The first-order valence-electron chi connectivity index (χ1n) is 9.30. The molecule has 5 heteroatoms. The van der Waals surface area contributed by atoms with Crippen LogP contribution >= 0.6 is 0 Å². The lowest BCUT2D eigenvalue weighted by atomic mass is 9.86. The highest BCUT2D eigenvalue weighted by Gasteiger charge is 2.34. The number of carbonyl (C=O) groups excluding carboxylic acids is 2. The van der Waals surface area contributed by atoms with Gasteiger partial charge in [-0.2, -0.15) is 0 Å². The van der Waals surface area contributed by atoms with Gasteiger partial charge in [0, 0.05) is 32.6 Å². The average molecular weight is 323 g/mol. The topological polar surface area (TPSA) is 66.6 Å². The van der Waals surface area contributed by atoms with E-state index in [2.05, 4.69) is 0 Å². The molecule has 1 aliphatic carbocycles. The molecule has 0 aromatic rings. The molecule has 1 saturated heterocycles. The van der Waals surface area contributed by atoms with Crippen molar-refractivity contribution < 1.29 is 9.59 Å². The van der Waals surface area contributed by atoms with Crippen LogP contribution in [0.15, 0.2) is 0 Å². The number of nitrogens with zero attached hydrogens (tertiary/aromatic N) is 2. The van der Waals surface area contributed by atoms with Crippen LogP contribution in [0.3, 0.4) is 0 Å². The van der Waals surface area contributed by atoms with Crippen LogP contribution < -0.4 is 5.73 Å². The molecule has 0 aromatic carbocycles. The fourth-order valence-corrected chi connectivity index (χ4v) is 3.91. The van der Waals surface area contributed by atoms with Crippen molar-refractivity contribution in [3.05, 3.63) is 0 Å². The molecule has 0 radical (unpaired) electrons. The van der Waals surface area contributed by atoms with Crippen molar-refractivity contribution in [1.29, 1.82) is 0 Å². The van der Waals surface area contributed by atoms with Gasteiger partial charge in [0.2, 0.25) is 11.8 Å². The number of hydrogen-bond acceptors (Lipinski definition) is 3. The van der Waals surface area contributed by atoms with E-state index in [1.54, 1.807) is 0 Å². The lowest BCUT2D eigenvalue weighted by Gasteiger charge is -2.39. The quantitative estimate of drug-likeness (QED) is 0.843. The van der Waals surface area contributed by atoms with Crippen molar-refractivity contribution in [3.8, 4) is 0 Å². The molecule has 2 fully saturated rings. The number of carbonyl (C=O) groups is 2. The van der Waals surface area contributed by atoms with Gasteiger partial charge in [-0.1, -0.05) is 32.6 Å². The highest BCUT2D eigenvalue weighted by atomic mass is 16.2. The summed E-state index contributed by atoms with van der Waals surface area (Å²) in [6.07, 6.45) is 8.56. The molecule has 2 aliphatic rings. The minimum absolute atomic E-state index is 0.0266. The summed E-state index contributed by atoms with van der Waals surface area (Å²) in [5.74, 6) is 0.875. The van der Waals surface area contributed by atoms with Crippen molar-refractivity contribution in [2.75, 3.05) is 26.2 Å². The number of rotatable bonds is 5. The molecule has 2 N–H and O–H groups in total. The van der Waals surface area contributed by atoms with Crippen LogP contribution in [-0.4, -0.2) is 53.3 Å². The van der Waals surface area contributed by atoms with Crippen molar-refractivity contribution in [2.45, 2.75) is 70.8 Å². The van der Waals surface area contributed by atoms with Gasteiger partial charge in [0.25, 0.3) is 0 Å². The van der Waals surface area contributed by atoms with Crippen LogP contribution in [0.5, 0.6) is 0 Å². The van der Waals surface area contributed by atoms with Gasteiger partial charge >= 0.3 is 0 Å². The monoisotopic (exact) mass is 323 g/mol. The molecule has 5 nitrogen and oxygen atoms in total. The molecule has 1 saturated carbocycles. The minimum Gasteiger partial charge on any atom is -0.339 e. The molecule has 1 unspecified atom stereocenters. The predicted octanol–water partition coefficient (Wildman–Crippen LogP) is 2.15. The molecule has 2 amide bonds. The second kappa shape index (κ2) is 8.13. The standard InChI is InChI=1S/C18H33N3O2/c1-3-9-18(2,19)17(23)21-12-10-20(11-13-21)16(22)14-15-7-5-4-6-8-15/h15H,3-14,19H2,1-2H3. The van der Waals surface area contributed by atoms with E-state index in [1.807, 2.05) is 23.6 Å². The normalized spacial score (nSPS) is 22.7. The Hall–Kier alpha value is -1.10. The molecular formula is C18H33N3O2. The third-order valence-electron chi connectivity index (χ3n) is 5.37. The molecule has 0 bridgehead atoms. The Morgan fingerprint density at radius 2 is 1.61 bits per heavy atom. The van der Waals surface area contributed by atoms with Gasteiger partial charge in [-0.3, -0.25) is 9.59 Å². The number of nitrogens with two attached hydrogens (primary N) is 1. The number of amides is 2. The first-order chi connectivity index (χ1) is 10.9. The van der Waals surface area contributed by atoms with E-state index in [4.69, 9.17) is 5.73 Å². The zero-order valence-corrected chi connectivity index (χ0v) is 14.9. The minimum atomic E-state index is -0.775. The Morgan fingerprint density at radius 1 is 1.04 bits per heavy atom. The summed E-state index contributed by atoms with van der Waals surface area (Å²) in [6, 6.07) is 0. The van der Waals surface area contributed by atoms with Crippen LogP contribution in [0.4, 0.5) is 0 Å². The average Bonchev–Trinajstić information content (AvgIpc) is 2.55. The lowest BCUT2D eigenvalue weighted by Crippen LogP contribution is -2.58. The molecule has 1 atom stereocenters. The van der Waals surface area contributed by atoms with Crippen LogP contribution in [-0.2, 0) is 9.59 Å². The molecule has 2 rings (SSSR count). The smallest absolute Gasteiger partial charge is 0.242 e. The van der Waals surface area contributed by atoms with Crippen molar-refractivity contribution >= 4 is 11.8 Å². The fraction of sp³-hybridized carbons (Fsp3) is 0.889. The molecule has 0 spiro atoms. The summed E-state index contributed by atoms with van der Waals surface area (Å²) < 4.78 is 0. The summed E-state index contributed by atoms with van der Waals surface area (Å²) >= 11 is 0. The van der Waals surface area contributed by atoms with E-state index in [0.717, 1.165) is 6.42 Å². The van der Waals surface area contributed by atoms with Gasteiger partial charge in [0.1, 0.15) is 0 Å². The molecular weight excluding hydrogens is 290 g/mol. The maximum atomic E-state index is 12.5. The van der Waals surface area contributed by atoms with Crippen molar-refractivity contribution in [3.63, 3.8) is 0 Å². The van der Waals surface area contributed by atoms with E-state index in [-0.39, 0.29) is 11.8 Å². The SMILES string of the molecule is CCCC(C)(N)C(=O)N1CCN(C(=O)CC2CCCCC2)CC1. The Balaban J connectivity index is 1.78. The molecule has 1 aliphatic heterocycles. The zero-order chi connectivity index (χ0) is 16.9. The highest BCUT2D eigenvalue weighted by Crippen LogP contribution is 2.27. The summed E-state index contributed by atoms with van der Waals surface area (Å²) in [5.41, 5.74) is 5.37. The van der Waals surface area contributed by atoms with Gasteiger partial charge in [-0.05, 0) is 32.1 Å². The second-order valence-electron chi connectivity index (χ2n) is 7.55. The first-order valence-corrected chi connectivity index (χ1v) is 9.30. The molecule has 132 valence electrons. The maximum absolute atomic E-state index is 12.5. The third-order valence-corrected chi connectivity index (χ3v) is 5.37. The molecule has 0 aromatic heterocycles. The second-order valence-corrected chi connectivity index (χ2v) is 7.55. The Kier molecular flexibility index (Phi) is 6.45. The van der Waals surface area contributed by atoms with Gasteiger partial charge in [-0.15, -0.1) is 0 Å². The van der Waals surface area contributed by atoms with Crippen LogP contribution in [0, 0.1) is 5.92 Å². The highest BCUT2D eigenvalue weighted by molar-refractivity contribution is 5.86. The van der Waals surface area contributed by atoms with Crippen LogP contribution in [0.1, 0.15) is 65.2 Å². The Bertz CT molecular complexity index is 408. The largest absolute Gasteiger partial charge is 0.339 e. The summed E-state index contributed by atoms with van der Waals surface area (Å²) in [7, 11) is 0. The fourth-order valence-electron chi connectivity index (χ4n) is 3.91. The molecule has 23 heavy (non-hydrogen) atoms. The lowest BCUT2D eigenvalue weighted by molar-refractivity contribution is -0.143. The number of hydrogen-bond donors (Lipinski definition) is 1. The van der Waals surface area contributed by atoms with E-state index in [1.165, 1.54) is 32.1 Å². The van der Waals surface area contributed by atoms with Crippen LogP contribution in [0.25, 0.3) is 0 Å². The van der Waals surface area contributed by atoms with E-state index >= 15 is 0 Å². The Labute approximate surface area is 140 Å².